The van der Waals surface area contributed by atoms with Crippen molar-refractivity contribution in [3.63, 3.8) is 0 Å². The van der Waals surface area contributed by atoms with Crippen LogP contribution in [0.25, 0.3) is 0 Å². The average Bonchev–Trinajstić information content (AvgIpc) is 3.13. The maximum absolute atomic E-state index is 12.4. The Bertz CT molecular complexity index is 614. The van der Waals surface area contributed by atoms with Crippen molar-refractivity contribution in [3.8, 4) is 0 Å². The number of carbonyl (C=O) groups is 1. The van der Waals surface area contributed by atoms with Crippen LogP contribution in [-0.4, -0.2) is 11.0 Å². The molecule has 2 fully saturated rings. The average molecular weight is 279 g/mol. The predicted molar refractivity (Wildman–Crippen MR) is 78.4 cm³/mol. The van der Waals surface area contributed by atoms with E-state index in [0.717, 1.165) is 30.5 Å². The lowest BCUT2D eigenvalue weighted by atomic mass is 9.76. The minimum Gasteiger partial charge on any atom is -0.447 e. The van der Waals surface area contributed by atoms with Gasteiger partial charge >= 0.3 is 5.97 Å². The highest BCUT2D eigenvalue weighted by Crippen LogP contribution is 2.55. The van der Waals surface area contributed by atoms with E-state index < -0.39 is 5.60 Å². The number of hydrogen-bond acceptors (Lipinski definition) is 3. The van der Waals surface area contributed by atoms with Gasteiger partial charge in [-0.2, -0.15) is 0 Å². The summed E-state index contributed by atoms with van der Waals surface area (Å²) in [7, 11) is 0. The maximum atomic E-state index is 12.4. The van der Waals surface area contributed by atoms with E-state index in [1.807, 2.05) is 48.5 Å². The summed E-state index contributed by atoms with van der Waals surface area (Å²) in [6, 6.07) is 15.9. The molecule has 0 bridgehead atoms. The Morgan fingerprint density at radius 2 is 1.86 bits per heavy atom. The monoisotopic (exact) mass is 279 g/mol. The van der Waals surface area contributed by atoms with Crippen LogP contribution in [0.1, 0.15) is 30.5 Å². The van der Waals surface area contributed by atoms with E-state index in [1.54, 1.807) is 6.20 Å². The minimum atomic E-state index is -0.708. The van der Waals surface area contributed by atoms with E-state index in [4.69, 9.17) is 4.74 Å². The molecule has 2 aliphatic rings. The summed E-state index contributed by atoms with van der Waals surface area (Å²) in [5, 5.41) is 0. The Morgan fingerprint density at radius 3 is 2.62 bits per heavy atom. The van der Waals surface area contributed by atoms with Gasteiger partial charge in [0, 0.05) is 17.7 Å². The number of nitrogens with zero attached hydrogens (tertiary/aromatic N) is 1. The Kier molecular flexibility index (Phi) is 2.81. The molecule has 0 spiro atoms. The minimum absolute atomic E-state index is 0.0206. The lowest BCUT2D eigenvalue weighted by molar-refractivity contribution is -0.149. The molecule has 1 aromatic heterocycles. The molecule has 2 aromatic rings. The maximum Gasteiger partial charge on any atom is 0.310 e. The largest absolute Gasteiger partial charge is 0.447 e. The third-order valence-electron chi connectivity index (χ3n) is 4.85. The molecule has 1 aliphatic carbocycles. The van der Waals surface area contributed by atoms with Gasteiger partial charge in [-0.05, 0) is 25.0 Å². The van der Waals surface area contributed by atoms with Crippen LogP contribution in [0.15, 0.2) is 54.7 Å². The topological polar surface area (TPSA) is 39.2 Å². The van der Waals surface area contributed by atoms with Gasteiger partial charge in [0.2, 0.25) is 0 Å². The summed E-state index contributed by atoms with van der Waals surface area (Å²) in [5.41, 5.74) is 1.17. The molecule has 1 saturated heterocycles. The highest BCUT2D eigenvalue weighted by Gasteiger charge is 2.59. The zero-order chi connectivity index (χ0) is 14.3. The van der Waals surface area contributed by atoms with Gasteiger partial charge < -0.3 is 4.74 Å². The first-order valence-electron chi connectivity index (χ1n) is 7.52. The molecule has 3 heteroatoms. The third kappa shape index (κ3) is 1.73. The van der Waals surface area contributed by atoms with Crippen molar-refractivity contribution in [1.29, 1.82) is 0 Å². The van der Waals surface area contributed by atoms with Gasteiger partial charge in [-0.1, -0.05) is 42.8 Å². The van der Waals surface area contributed by atoms with Crippen LogP contribution in [0, 0.1) is 11.8 Å². The third-order valence-corrected chi connectivity index (χ3v) is 4.85. The Balaban J connectivity index is 1.94. The number of rotatable bonds is 2. The van der Waals surface area contributed by atoms with Crippen LogP contribution in [0.2, 0.25) is 0 Å². The number of fused-ring (bicyclic) bond motifs is 1. The quantitative estimate of drug-likeness (QED) is 0.792. The van der Waals surface area contributed by atoms with Crippen molar-refractivity contribution in [1.82, 2.24) is 4.98 Å². The van der Waals surface area contributed by atoms with Gasteiger partial charge in [0.05, 0.1) is 11.6 Å². The molecule has 3 atom stereocenters. The normalized spacial score (nSPS) is 31.0. The van der Waals surface area contributed by atoms with Crippen LogP contribution in [0.3, 0.4) is 0 Å². The molecule has 0 N–H and O–H groups in total. The number of aromatic nitrogens is 1. The fraction of sp³-hybridized carbons (Fsp3) is 0.333. The summed E-state index contributed by atoms with van der Waals surface area (Å²) in [6.45, 7) is 0. The predicted octanol–water partition coefficient (Wildman–Crippen LogP) is 3.30. The lowest BCUT2D eigenvalue weighted by Crippen LogP contribution is -2.35. The highest BCUT2D eigenvalue weighted by atomic mass is 16.6. The van der Waals surface area contributed by atoms with Crippen molar-refractivity contribution in [2.75, 3.05) is 0 Å². The van der Waals surface area contributed by atoms with Crippen molar-refractivity contribution in [2.45, 2.75) is 24.9 Å². The second-order valence-electron chi connectivity index (χ2n) is 5.88. The number of benzene rings is 1. The fourth-order valence-corrected chi connectivity index (χ4v) is 3.97. The Morgan fingerprint density at radius 1 is 1.05 bits per heavy atom. The second-order valence-corrected chi connectivity index (χ2v) is 5.88. The van der Waals surface area contributed by atoms with Crippen molar-refractivity contribution >= 4 is 5.97 Å². The molecule has 1 aliphatic heterocycles. The molecule has 0 unspecified atom stereocenters. The summed E-state index contributed by atoms with van der Waals surface area (Å²) >= 11 is 0. The molecular weight excluding hydrogens is 262 g/mol. The van der Waals surface area contributed by atoms with E-state index in [1.165, 1.54) is 0 Å². The van der Waals surface area contributed by atoms with Crippen molar-refractivity contribution in [2.24, 2.45) is 11.8 Å². The van der Waals surface area contributed by atoms with Crippen LogP contribution in [-0.2, 0) is 15.1 Å². The van der Waals surface area contributed by atoms with Crippen LogP contribution < -0.4 is 0 Å². The van der Waals surface area contributed by atoms with Crippen molar-refractivity contribution in [3.05, 3.63) is 66.0 Å². The smallest absolute Gasteiger partial charge is 0.310 e. The molecule has 1 aromatic carbocycles. The molecule has 21 heavy (non-hydrogen) atoms. The summed E-state index contributed by atoms with van der Waals surface area (Å²) in [4.78, 5) is 16.9. The summed E-state index contributed by atoms with van der Waals surface area (Å²) < 4.78 is 5.99. The number of hydrogen-bond donors (Lipinski definition) is 0. The van der Waals surface area contributed by atoms with E-state index in [0.29, 0.717) is 0 Å². The first kappa shape index (κ1) is 12.6. The fourth-order valence-electron chi connectivity index (χ4n) is 3.97. The van der Waals surface area contributed by atoms with E-state index in [9.17, 15) is 4.79 Å². The standard InChI is InChI=1S/C18H17NO2/c20-17-14-9-6-10-15(14)18(21-17,13-7-2-1-3-8-13)16-11-4-5-12-19-16/h1-5,7-8,11-12,14-15H,6,9-10H2/t14-,15+,18+/m0/s1. The first-order valence-corrected chi connectivity index (χ1v) is 7.52. The van der Waals surface area contributed by atoms with Gasteiger partial charge in [0.1, 0.15) is 0 Å². The highest BCUT2D eigenvalue weighted by molar-refractivity contribution is 5.77. The Hall–Kier alpha value is -2.16. The van der Waals surface area contributed by atoms with Gasteiger partial charge in [-0.15, -0.1) is 0 Å². The van der Waals surface area contributed by atoms with Crippen LogP contribution in [0.4, 0.5) is 0 Å². The first-order chi connectivity index (χ1) is 10.3. The van der Waals surface area contributed by atoms with E-state index in [2.05, 4.69) is 4.98 Å². The van der Waals surface area contributed by atoms with Crippen LogP contribution in [0.5, 0.6) is 0 Å². The number of ether oxygens (including phenoxy) is 1. The zero-order valence-corrected chi connectivity index (χ0v) is 11.7. The number of carbonyl (C=O) groups excluding carboxylic acids is 1. The molecule has 2 heterocycles. The molecular formula is C18H17NO2. The number of esters is 1. The lowest BCUT2D eigenvalue weighted by Gasteiger charge is -2.33. The molecule has 4 rings (SSSR count). The Labute approximate surface area is 124 Å². The van der Waals surface area contributed by atoms with Gasteiger partial charge in [-0.25, -0.2) is 0 Å². The molecule has 3 nitrogen and oxygen atoms in total. The molecule has 0 amide bonds. The van der Waals surface area contributed by atoms with Gasteiger partial charge in [0.15, 0.2) is 5.60 Å². The van der Waals surface area contributed by atoms with Crippen molar-refractivity contribution < 1.29 is 9.53 Å². The number of pyridine rings is 1. The van der Waals surface area contributed by atoms with Gasteiger partial charge in [-0.3, -0.25) is 9.78 Å². The second kappa shape index (κ2) is 4.69. The summed E-state index contributed by atoms with van der Waals surface area (Å²) in [5.74, 6) is 0.154. The zero-order valence-electron chi connectivity index (χ0n) is 11.7. The molecule has 106 valence electrons. The van der Waals surface area contributed by atoms with Gasteiger partial charge in [0.25, 0.3) is 0 Å². The van der Waals surface area contributed by atoms with E-state index >= 15 is 0 Å². The number of cyclic esters (lactones) is 1. The molecule has 0 radical (unpaired) electrons. The SMILES string of the molecule is O=C1O[C@@](c2ccccc2)(c2ccccn2)[C@@H]2CCC[C@H]12. The van der Waals surface area contributed by atoms with E-state index in [-0.39, 0.29) is 17.8 Å². The van der Waals surface area contributed by atoms with Crippen LogP contribution >= 0.6 is 0 Å². The molecule has 1 saturated carbocycles. The summed E-state index contributed by atoms with van der Waals surface area (Å²) in [6.07, 6.45) is 4.81.